The van der Waals surface area contributed by atoms with Crippen LogP contribution in [0, 0.1) is 6.92 Å². The molecule has 1 aliphatic rings. The van der Waals surface area contributed by atoms with Crippen molar-refractivity contribution in [3.8, 4) is 0 Å². The Labute approximate surface area is 156 Å². The predicted molar refractivity (Wildman–Crippen MR) is 96.9 cm³/mol. The van der Waals surface area contributed by atoms with Gasteiger partial charge in [-0.05, 0) is 40.5 Å². The van der Waals surface area contributed by atoms with Crippen molar-refractivity contribution in [2.45, 2.75) is 52.2 Å². The maximum atomic E-state index is 12.2. The number of nitrogens with zero attached hydrogens (tertiary/aromatic N) is 5. The van der Waals surface area contributed by atoms with Crippen molar-refractivity contribution in [1.82, 2.24) is 24.5 Å². The van der Waals surface area contributed by atoms with E-state index in [0.717, 1.165) is 0 Å². The summed E-state index contributed by atoms with van der Waals surface area (Å²) in [4.78, 5) is 29.4. The lowest BCUT2D eigenvalue weighted by Crippen LogP contribution is -2.44. The van der Waals surface area contributed by atoms with Gasteiger partial charge in [0.05, 0.1) is 0 Å². The van der Waals surface area contributed by atoms with Gasteiger partial charge in [0.15, 0.2) is 11.5 Å². The first-order chi connectivity index (χ1) is 12.6. The second kappa shape index (κ2) is 7.01. The Morgan fingerprint density at radius 3 is 2.52 bits per heavy atom. The molecular weight excluding hydrogens is 352 g/mol. The highest BCUT2D eigenvalue weighted by Gasteiger charge is 2.27. The summed E-state index contributed by atoms with van der Waals surface area (Å²) in [6.45, 7) is 8.36. The number of hydrogen-bond acceptors (Lipinski definition) is 7. The number of fused-ring (bicyclic) bond motifs is 1. The van der Waals surface area contributed by atoms with Crippen LogP contribution in [0.1, 0.15) is 49.9 Å². The Kier molecular flexibility index (Phi) is 4.90. The van der Waals surface area contributed by atoms with Gasteiger partial charge in [0.2, 0.25) is 5.65 Å². The molecule has 0 unspecified atom stereocenters. The fourth-order valence-corrected chi connectivity index (χ4v) is 2.93. The summed E-state index contributed by atoms with van der Waals surface area (Å²) < 4.78 is 7.01. The minimum atomic E-state index is -1.12. The van der Waals surface area contributed by atoms with Crippen molar-refractivity contribution in [2.24, 2.45) is 0 Å². The van der Waals surface area contributed by atoms with Crippen molar-refractivity contribution >= 4 is 23.5 Å². The Hall–Kier alpha value is -2.91. The number of likely N-dealkylation sites (tertiary alicyclic amines) is 1. The second-order valence-corrected chi connectivity index (χ2v) is 7.61. The molecule has 2 N–H and O–H groups in total. The minimum Gasteiger partial charge on any atom is -0.476 e. The fraction of sp³-hybridized carbons (Fsp3) is 0.588. The third-order valence-electron chi connectivity index (χ3n) is 4.27. The molecular formula is C17H24N6O4. The van der Waals surface area contributed by atoms with Gasteiger partial charge >= 0.3 is 12.1 Å². The number of carbonyl (C=O) groups is 2. The molecule has 2 aromatic rings. The topological polar surface area (TPSA) is 122 Å². The van der Waals surface area contributed by atoms with E-state index in [4.69, 9.17) is 4.74 Å². The summed E-state index contributed by atoms with van der Waals surface area (Å²) in [5.41, 5.74) is -0.129. The third-order valence-corrected chi connectivity index (χ3v) is 4.27. The monoisotopic (exact) mass is 376 g/mol. The summed E-state index contributed by atoms with van der Waals surface area (Å²) in [5.74, 6) is -0.156. The summed E-state index contributed by atoms with van der Waals surface area (Å²) >= 11 is 0. The summed E-state index contributed by atoms with van der Waals surface area (Å²) in [5, 5.41) is 20.6. The van der Waals surface area contributed by atoms with Crippen molar-refractivity contribution in [3.05, 3.63) is 17.7 Å². The van der Waals surface area contributed by atoms with E-state index in [0.29, 0.717) is 43.2 Å². The molecule has 1 amide bonds. The Balaban J connectivity index is 1.70. The molecule has 0 saturated carbocycles. The molecule has 27 heavy (non-hydrogen) atoms. The normalized spacial score (nSPS) is 15.8. The van der Waals surface area contributed by atoms with Gasteiger partial charge in [0.25, 0.3) is 0 Å². The highest BCUT2D eigenvalue weighted by molar-refractivity contribution is 5.86. The number of carboxylic acids is 1. The number of carbonyl (C=O) groups excluding carboxylic acids is 1. The summed E-state index contributed by atoms with van der Waals surface area (Å²) in [6, 6.07) is 0.0426. The van der Waals surface area contributed by atoms with Gasteiger partial charge in [-0.15, -0.1) is 10.2 Å². The largest absolute Gasteiger partial charge is 0.476 e. The highest BCUT2D eigenvalue weighted by Crippen LogP contribution is 2.21. The van der Waals surface area contributed by atoms with Gasteiger partial charge < -0.3 is 20.1 Å². The Morgan fingerprint density at radius 1 is 1.26 bits per heavy atom. The van der Waals surface area contributed by atoms with Crippen LogP contribution in [0.3, 0.4) is 0 Å². The zero-order valence-electron chi connectivity index (χ0n) is 15.9. The van der Waals surface area contributed by atoms with E-state index in [1.54, 1.807) is 16.2 Å². The third kappa shape index (κ3) is 4.26. The molecule has 0 aliphatic carbocycles. The first-order valence-corrected chi connectivity index (χ1v) is 8.84. The van der Waals surface area contributed by atoms with E-state index < -0.39 is 11.6 Å². The number of hydrogen-bond donors (Lipinski definition) is 2. The highest BCUT2D eigenvalue weighted by atomic mass is 16.6. The molecule has 0 spiro atoms. The Bertz CT molecular complexity index is 864. The van der Waals surface area contributed by atoms with Crippen molar-refractivity contribution in [2.75, 3.05) is 18.4 Å². The molecule has 10 nitrogen and oxygen atoms in total. The average molecular weight is 376 g/mol. The minimum absolute atomic E-state index is 0.0426. The van der Waals surface area contributed by atoms with Crippen LogP contribution in [0.4, 0.5) is 10.6 Å². The molecule has 0 aromatic carbocycles. The number of ether oxygens (including phenoxy) is 1. The molecule has 3 heterocycles. The van der Waals surface area contributed by atoms with Gasteiger partial charge in [-0.2, -0.15) is 0 Å². The van der Waals surface area contributed by atoms with Gasteiger partial charge in [-0.3, -0.25) is 4.40 Å². The number of carboxylic acid groups (broad SMARTS) is 1. The molecule has 1 saturated heterocycles. The second-order valence-electron chi connectivity index (χ2n) is 7.61. The molecule has 1 fully saturated rings. The van der Waals surface area contributed by atoms with Crippen molar-refractivity contribution in [3.63, 3.8) is 0 Å². The van der Waals surface area contributed by atoms with Crippen LogP contribution < -0.4 is 5.32 Å². The zero-order chi connectivity index (χ0) is 19.8. The fourth-order valence-electron chi connectivity index (χ4n) is 2.93. The van der Waals surface area contributed by atoms with Crippen molar-refractivity contribution < 1.29 is 19.4 Å². The van der Waals surface area contributed by atoms with E-state index in [1.807, 2.05) is 20.8 Å². The maximum absolute atomic E-state index is 12.2. The summed E-state index contributed by atoms with van der Waals surface area (Å²) in [7, 11) is 0. The summed E-state index contributed by atoms with van der Waals surface area (Å²) in [6.07, 6.45) is 2.47. The Morgan fingerprint density at radius 2 is 1.93 bits per heavy atom. The number of piperidine rings is 1. The first kappa shape index (κ1) is 18.9. The van der Waals surface area contributed by atoms with Crippen LogP contribution in [-0.2, 0) is 4.74 Å². The van der Waals surface area contributed by atoms with Crippen molar-refractivity contribution in [1.29, 1.82) is 0 Å². The molecule has 10 heteroatoms. The van der Waals surface area contributed by atoms with E-state index in [1.165, 1.54) is 6.20 Å². The molecule has 2 aromatic heterocycles. The number of nitrogens with one attached hydrogen (secondary N) is 1. The lowest BCUT2D eigenvalue weighted by atomic mass is 10.1. The van der Waals surface area contributed by atoms with Gasteiger partial charge in [-0.25, -0.2) is 14.6 Å². The smallest absolute Gasteiger partial charge is 0.410 e. The van der Waals surface area contributed by atoms with E-state index in [9.17, 15) is 14.7 Å². The number of aryl methyl sites for hydroxylation is 1. The zero-order valence-corrected chi connectivity index (χ0v) is 15.9. The van der Waals surface area contributed by atoms with Gasteiger partial charge in [-0.1, -0.05) is 0 Å². The SMILES string of the molecule is Cc1nnc2c(NC3CCN(C(=O)OC(C)(C)C)CC3)nc(C(=O)O)cn12. The standard InChI is InChI=1S/C17H24N6O4/c1-10-20-21-14-13(19-12(15(24)25)9-23(10)14)18-11-5-7-22(8-6-11)16(26)27-17(2,3)4/h9,11H,5-8H2,1-4H3,(H,18,19)(H,24,25). The number of anilines is 1. The number of rotatable bonds is 3. The van der Waals surface area contributed by atoms with E-state index in [2.05, 4.69) is 20.5 Å². The molecule has 146 valence electrons. The van der Waals surface area contributed by atoms with Crippen LogP contribution >= 0.6 is 0 Å². The first-order valence-electron chi connectivity index (χ1n) is 8.84. The molecule has 3 rings (SSSR count). The molecule has 0 atom stereocenters. The maximum Gasteiger partial charge on any atom is 0.410 e. The number of amides is 1. The predicted octanol–water partition coefficient (Wildman–Crippen LogP) is 1.94. The van der Waals surface area contributed by atoms with Crippen LogP contribution in [-0.4, -0.2) is 66.4 Å². The lowest BCUT2D eigenvalue weighted by molar-refractivity contribution is 0.0210. The van der Waals surface area contributed by atoms with Crippen LogP contribution in [0.2, 0.25) is 0 Å². The van der Waals surface area contributed by atoms with E-state index >= 15 is 0 Å². The molecule has 0 bridgehead atoms. The quantitative estimate of drug-likeness (QED) is 0.833. The molecule has 1 aliphatic heterocycles. The number of aromatic carboxylic acids is 1. The average Bonchev–Trinajstić information content (AvgIpc) is 2.95. The van der Waals surface area contributed by atoms with Gasteiger partial charge in [0.1, 0.15) is 11.4 Å². The van der Waals surface area contributed by atoms with E-state index in [-0.39, 0.29) is 17.8 Å². The van der Waals surface area contributed by atoms with Gasteiger partial charge in [0, 0.05) is 25.3 Å². The number of aromatic nitrogens is 4. The van der Waals surface area contributed by atoms with Crippen LogP contribution in [0.5, 0.6) is 0 Å². The lowest BCUT2D eigenvalue weighted by Gasteiger charge is -2.33. The molecule has 0 radical (unpaired) electrons. The van der Waals surface area contributed by atoms with Crippen LogP contribution in [0.15, 0.2) is 6.20 Å². The van der Waals surface area contributed by atoms with Crippen LogP contribution in [0.25, 0.3) is 5.65 Å².